The van der Waals surface area contributed by atoms with Gasteiger partial charge >= 0.3 is 0 Å². The number of rotatable bonds is 5. The second-order valence-corrected chi connectivity index (χ2v) is 6.80. The van der Waals surface area contributed by atoms with Gasteiger partial charge in [-0.25, -0.2) is 13.8 Å². The topological polar surface area (TPSA) is 41.4 Å². The van der Waals surface area contributed by atoms with Crippen LogP contribution in [0.2, 0.25) is 0 Å². The van der Waals surface area contributed by atoms with E-state index in [-0.39, 0.29) is 17.7 Å². The van der Waals surface area contributed by atoms with Crippen molar-refractivity contribution in [3.63, 3.8) is 0 Å². The monoisotopic (exact) mass is 378 g/mol. The average molecular weight is 378 g/mol. The summed E-state index contributed by atoms with van der Waals surface area (Å²) in [6.45, 7) is 2.10. The van der Waals surface area contributed by atoms with Crippen LogP contribution in [0, 0.1) is 11.6 Å². The molecule has 1 atom stereocenters. The molecule has 0 fully saturated rings. The lowest BCUT2D eigenvalue weighted by Gasteiger charge is -2.37. The summed E-state index contributed by atoms with van der Waals surface area (Å²) in [5.41, 5.74) is 0.901. The van der Waals surface area contributed by atoms with Crippen LogP contribution in [0.1, 0.15) is 30.9 Å². The summed E-state index contributed by atoms with van der Waals surface area (Å²) in [4.78, 5) is 15.5. The number of aromatic nitrogens is 2. The Balaban J connectivity index is 1.90. The molecule has 4 nitrogen and oxygen atoms in total. The van der Waals surface area contributed by atoms with E-state index >= 15 is 0 Å². The van der Waals surface area contributed by atoms with E-state index in [0.717, 1.165) is 24.0 Å². The normalized spacial score (nSPS) is 17.8. The standard InChI is InChI=1S/C22H20F2N4/c1-2-3-20-22(16-4-8-18(23)9-5-16,17-6-10-19(24)11-7-17)27-15-28(20)21-14-25-12-13-26-21/h4-15,20H,2-3H2,1H3. The van der Waals surface area contributed by atoms with Crippen molar-refractivity contribution < 1.29 is 8.78 Å². The molecule has 0 saturated heterocycles. The summed E-state index contributed by atoms with van der Waals surface area (Å²) in [6, 6.07) is 12.6. The van der Waals surface area contributed by atoms with Crippen LogP contribution in [0.5, 0.6) is 0 Å². The summed E-state index contributed by atoms with van der Waals surface area (Å²) >= 11 is 0. The van der Waals surface area contributed by atoms with Crippen LogP contribution in [-0.2, 0) is 5.54 Å². The van der Waals surface area contributed by atoms with Crippen LogP contribution in [0.4, 0.5) is 14.6 Å². The van der Waals surface area contributed by atoms with Crippen molar-refractivity contribution in [2.45, 2.75) is 31.3 Å². The van der Waals surface area contributed by atoms with Gasteiger partial charge in [-0.05, 0) is 41.8 Å². The van der Waals surface area contributed by atoms with Gasteiger partial charge in [0, 0.05) is 12.4 Å². The van der Waals surface area contributed by atoms with Crippen molar-refractivity contribution in [2.75, 3.05) is 4.90 Å². The van der Waals surface area contributed by atoms with Crippen LogP contribution in [0.3, 0.4) is 0 Å². The molecule has 4 rings (SSSR count). The van der Waals surface area contributed by atoms with Crippen LogP contribution in [-0.4, -0.2) is 22.3 Å². The largest absolute Gasteiger partial charge is 0.310 e. The minimum Gasteiger partial charge on any atom is -0.310 e. The second kappa shape index (κ2) is 7.46. The molecule has 2 heterocycles. The van der Waals surface area contributed by atoms with E-state index in [0.29, 0.717) is 5.82 Å². The first-order chi connectivity index (χ1) is 13.6. The minimum absolute atomic E-state index is 0.106. The molecule has 0 bridgehead atoms. The van der Waals surface area contributed by atoms with Gasteiger partial charge in [0.25, 0.3) is 0 Å². The lowest BCUT2D eigenvalue weighted by atomic mass is 9.76. The van der Waals surface area contributed by atoms with Crippen molar-refractivity contribution in [1.82, 2.24) is 9.97 Å². The van der Waals surface area contributed by atoms with Gasteiger partial charge in [0.15, 0.2) is 5.82 Å². The molecule has 1 aromatic heterocycles. The first-order valence-corrected chi connectivity index (χ1v) is 9.27. The van der Waals surface area contributed by atoms with Gasteiger partial charge in [0.05, 0.1) is 18.6 Å². The quantitative estimate of drug-likeness (QED) is 0.645. The van der Waals surface area contributed by atoms with E-state index in [9.17, 15) is 8.78 Å². The molecular formula is C22H20F2N4. The van der Waals surface area contributed by atoms with Crippen LogP contribution < -0.4 is 4.90 Å². The SMILES string of the molecule is CCCC1N(c2cnccn2)C=NC1(c1ccc(F)cc1)c1ccc(F)cc1. The summed E-state index contributed by atoms with van der Waals surface area (Å²) < 4.78 is 27.2. The molecule has 0 spiro atoms. The number of benzene rings is 2. The fourth-order valence-electron chi connectivity index (χ4n) is 3.89. The van der Waals surface area contributed by atoms with Gasteiger partial charge in [-0.3, -0.25) is 9.98 Å². The maximum Gasteiger partial charge on any atom is 0.152 e. The third-order valence-electron chi connectivity index (χ3n) is 5.15. The summed E-state index contributed by atoms with van der Waals surface area (Å²) in [7, 11) is 0. The maximum atomic E-state index is 13.6. The third-order valence-corrected chi connectivity index (χ3v) is 5.15. The van der Waals surface area contributed by atoms with Crippen molar-refractivity contribution >= 4 is 12.2 Å². The lowest BCUT2D eigenvalue weighted by molar-refractivity contribution is 0.422. The Labute approximate surface area is 162 Å². The molecule has 2 aromatic carbocycles. The lowest BCUT2D eigenvalue weighted by Crippen LogP contribution is -2.45. The number of anilines is 1. The van der Waals surface area contributed by atoms with Gasteiger partial charge in [-0.2, -0.15) is 0 Å². The van der Waals surface area contributed by atoms with Gasteiger partial charge in [-0.15, -0.1) is 0 Å². The zero-order valence-corrected chi connectivity index (χ0v) is 15.5. The molecular weight excluding hydrogens is 358 g/mol. The van der Waals surface area contributed by atoms with E-state index in [1.54, 1.807) is 49.2 Å². The molecule has 0 aliphatic carbocycles. The summed E-state index contributed by atoms with van der Waals surface area (Å²) in [5, 5.41) is 0. The van der Waals surface area contributed by atoms with Crippen LogP contribution in [0.25, 0.3) is 0 Å². The number of hydrogen-bond donors (Lipinski definition) is 0. The Morgan fingerprint density at radius 1 is 0.929 bits per heavy atom. The smallest absolute Gasteiger partial charge is 0.152 e. The van der Waals surface area contributed by atoms with Crippen molar-refractivity contribution in [3.8, 4) is 0 Å². The fraction of sp³-hybridized carbons (Fsp3) is 0.227. The molecule has 1 aliphatic heterocycles. The fourth-order valence-corrected chi connectivity index (χ4v) is 3.89. The predicted octanol–water partition coefficient (Wildman–Crippen LogP) is 4.72. The second-order valence-electron chi connectivity index (χ2n) is 6.80. The molecule has 0 amide bonds. The van der Waals surface area contributed by atoms with E-state index in [4.69, 9.17) is 4.99 Å². The molecule has 3 aromatic rings. The number of aliphatic imine (C=N–C) groups is 1. The molecule has 1 unspecified atom stereocenters. The Kier molecular flexibility index (Phi) is 4.86. The number of nitrogens with zero attached hydrogens (tertiary/aromatic N) is 4. The first kappa shape index (κ1) is 18.2. The third kappa shape index (κ3) is 3.05. The van der Waals surface area contributed by atoms with Gasteiger partial charge in [0.1, 0.15) is 17.2 Å². The highest BCUT2D eigenvalue weighted by molar-refractivity contribution is 5.83. The zero-order valence-electron chi connectivity index (χ0n) is 15.5. The summed E-state index contributed by atoms with van der Waals surface area (Å²) in [5.74, 6) is 0.0754. The van der Waals surface area contributed by atoms with E-state index in [2.05, 4.69) is 16.9 Å². The highest BCUT2D eigenvalue weighted by atomic mass is 19.1. The molecule has 0 saturated carbocycles. The van der Waals surface area contributed by atoms with Crippen molar-refractivity contribution in [3.05, 3.63) is 89.9 Å². The Hall–Kier alpha value is -3.15. The zero-order chi connectivity index (χ0) is 19.6. The summed E-state index contributed by atoms with van der Waals surface area (Å²) in [6.07, 6.45) is 8.44. The first-order valence-electron chi connectivity index (χ1n) is 9.27. The number of hydrogen-bond acceptors (Lipinski definition) is 4. The molecule has 1 aliphatic rings. The molecule has 142 valence electrons. The highest BCUT2D eigenvalue weighted by Gasteiger charge is 2.48. The van der Waals surface area contributed by atoms with Crippen molar-refractivity contribution in [2.24, 2.45) is 4.99 Å². The van der Waals surface area contributed by atoms with Crippen LogP contribution >= 0.6 is 0 Å². The Morgan fingerprint density at radius 3 is 2.04 bits per heavy atom. The molecule has 0 radical (unpaired) electrons. The van der Waals surface area contributed by atoms with Gasteiger partial charge in [0.2, 0.25) is 0 Å². The Morgan fingerprint density at radius 2 is 1.54 bits per heavy atom. The Bertz CT molecular complexity index is 911. The van der Waals surface area contributed by atoms with Gasteiger partial charge in [-0.1, -0.05) is 37.6 Å². The van der Waals surface area contributed by atoms with E-state index < -0.39 is 5.54 Å². The van der Waals surface area contributed by atoms with Gasteiger partial charge < -0.3 is 4.90 Å². The molecule has 6 heteroatoms. The minimum atomic E-state index is -0.797. The molecule has 28 heavy (non-hydrogen) atoms. The van der Waals surface area contributed by atoms with E-state index in [1.165, 1.54) is 24.3 Å². The van der Waals surface area contributed by atoms with Crippen LogP contribution in [0.15, 0.2) is 72.1 Å². The van der Waals surface area contributed by atoms with Crippen molar-refractivity contribution in [1.29, 1.82) is 0 Å². The predicted molar refractivity (Wildman–Crippen MR) is 105 cm³/mol. The highest BCUT2D eigenvalue weighted by Crippen LogP contribution is 2.45. The van der Waals surface area contributed by atoms with E-state index in [1.807, 2.05) is 4.90 Å². The maximum absolute atomic E-state index is 13.6. The number of halogens is 2. The average Bonchev–Trinajstić information content (AvgIpc) is 3.10. The molecule has 0 N–H and O–H groups in total.